The minimum absolute atomic E-state index is 0.0914. The first-order chi connectivity index (χ1) is 18.6. The molecule has 0 aromatic heterocycles. The topological polar surface area (TPSA) is 64.6 Å². The van der Waals surface area contributed by atoms with Gasteiger partial charge in [0.2, 0.25) is 0 Å². The van der Waals surface area contributed by atoms with E-state index >= 15 is 0 Å². The maximum atomic E-state index is 13.8. The number of allylic oxidation sites excluding steroid dienone is 2. The second-order valence-electron chi connectivity index (χ2n) is 9.45. The molecule has 0 unspecified atom stereocenters. The highest BCUT2D eigenvalue weighted by molar-refractivity contribution is 6.23. The molecule has 2 aliphatic rings. The summed E-state index contributed by atoms with van der Waals surface area (Å²) in [7, 11) is 0. The van der Waals surface area contributed by atoms with Crippen LogP contribution in [-0.4, -0.2) is 18.4 Å². The Bertz CT molecular complexity index is 1660. The smallest absolute Gasteiger partial charge is 0.336 e. The van der Waals surface area contributed by atoms with Crippen LogP contribution in [0.15, 0.2) is 108 Å². The predicted octanol–water partition coefficient (Wildman–Crippen LogP) is 6.55. The number of ether oxygens (including phenoxy) is 2. The van der Waals surface area contributed by atoms with Crippen molar-refractivity contribution in [2.75, 3.05) is 6.61 Å². The van der Waals surface area contributed by atoms with Crippen LogP contribution in [0.4, 0.5) is 0 Å². The lowest BCUT2D eigenvalue weighted by molar-refractivity contribution is -0.138. The van der Waals surface area contributed by atoms with Crippen molar-refractivity contribution in [3.8, 4) is 5.75 Å². The van der Waals surface area contributed by atoms with Gasteiger partial charge < -0.3 is 14.8 Å². The number of carbonyl (C=O) groups excluding carboxylic acids is 2. The number of rotatable bonds is 6. The quantitative estimate of drug-likeness (QED) is 0.304. The summed E-state index contributed by atoms with van der Waals surface area (Å²) in [5.41, 5.74) is 5.66. The van der Waals surface area contributed by atoms with E-state index in [0.717, 1.165) is 33.2 Å². The number of ketones is 1. The van der Waals surface area contributed by atoms with Crippen LogP contribution in [-0.2, 0) is 16.1 Å². The lowest BCUT2D eigenvalue weighted by Gasteiger charge is -2.30. The predicted molar refractivity (Wildman–Crippen MR) is 148 cm³/mol. The van der Waals surface area contributed by atoms with E-state index in [4.69, 9.17) is 9.47 Å². The van der Waals surface area contributed by atoms with E-state index in [0.29, 0.717) is 34.8 Å². The summed E-state index contributed by atoms with van der Waals surface area (Å²) in [6, 6.07) is 29.6. The molecule has 5 heteroatoms. The third-order valence-electron chi connectivity index (χ3n) is 7.24. The largest absolute Gasteiger partial charge is 0.489 e. The number of dihydropyridines is 1. The fraction of sp³-hybridized carbons (Fsp3) is 0.152. The zero-order chi connectivity index (χ0) is 26.2. The summed E-state index contributed by atoms with van der Waals surface area (Å²) >= 11 is 0. The van der Waals surface area contributed by atoms with Gasteiger partial charge in [-0.1, -0.05) is 84.9 Å². The Morgan fingerprint density at radius 1 is 0.868 bits per heavy atom. The average molecular weight is 502 g/mol. The Balaban J connectivity index is 1.45. The first-order valence-electron chi connectivity index (χ1n) is 12.8. The number of fused-ring (bicyclic) bond motifs is 3. The zero-order valence-electron chi connectivity index (χ0n) is 21.3. The lowest BCUT2D eigenvalue weighted by Crippen LogP contribution is -2.29. The van der Waals surface area contributed by atoms with Crippen molar-refractivity contribution in [2.24, 2.45) is 0 Å². The molecular formula is C33H27NO4. The van der Waals surface area contributed by atoms with E-state index < -0.39 is 11.9 Å². The maximum Gasteiger partial charge on any atom is 0.336 e. The van der Waals surface area contributed by atoms with Crippen LogP contribution in [0, 0.1) is 0 Å². The molecule has 0 saturated heterocycles. The van der Waals surface area contributed by atoms with Gasteiger partial charge in [-0.25, -0.2) is 4.79 Å². The molecular weight excluding hydrogens is 474 g/mol. The molecule has 1 aliphatic carbocycles. The Hall–Kier alpha value is -4.64. The summed E-state index contributed by atoms with van der Waals surface area (Å²) in [6.07, 6.45) is 0. The van der Waals surface area contributed by atoms with Crippen LogP contribution in [0.2, 0.25) is 0 Å². The summed E-state index contributed by atoms with van der Waals surface area (Å²) in [6.45, 7) is 4.22. The van der Waals surface area contributed by atoms with Gasteiger partial charge in [0.1, 0.15) is 12.4 Å². The lowest BCUT2D eigenvalue weighted by atomic mass is 9.79. The van der Waals surface area contributed by atoms with Crippen molar-refractivity contribution in [3.63, 3.8) is 0 Å². The van der Waals surface area contributed by atoms with Gasteiger partial charge in [-0.05, 0) is 36.2 Å². The van der Waals surface area contributed by atoms with Crippen LogP contribution in [0.5, 0.6) is 5.75 Å². The number of nitrogens with one attached hydrogen (secondary N) is 1. The van der Waals surface area contributed by atoms with E-state index in [1.165, 1.54) is 0 Å². The highest BCUT2D eigenvalue weighted by Crippen LogP contribution is 2.48. The second kappa shape index (κ2) is 9.67. The van der Waals surface area contributed by atoms with Crippen LogP contribution < -0.4 is 10.1 Å². The van der Waals surface area contributed by atoms with Crippen molar-refractivity contribution in [1.82, 2.24) is 5.32 Å². The van der Waals surface area contributed by atoms with Crippen molar-refractivity contribution in [2.45, 2.75) is 26.4 Å². The highest BCUT2D eigenvalue weighted by Gasteiger charge is 2.43. The molecule has 4 aromatic rings. The molecule has 0 amide bonds. The minimum Gasteiger partial charge on any atom is -0.489 e. The number of carbonyl (C=O) groups is 2. The first kappa shape index (κ1) is 23.7. The highest BCUT2D eigenvalue weighted by atomic mass is 16.5. The molecule has 6 rings (SSSR count). The van der Waals surface area contributed by atoms with E-state index in [-0.39, 0.29) is 12.4 Å². The number of para-hydroxylation sites is 1. The van der Waals surface area contributed by atoms with Gasteiger partial charge in [0, 0.05) is 28.0 Å². The van der Waals surface area contributed by atoms with E-state index in [1.54, 1.807) is 6.92 Å². The van der Waals surface area contributed by atoms with Crippen LogP contribution in [0.25, 0.3) is 16.5 Å². The summed E-state index contributed by atoms with van der Waals surface area (Å²) in [5, 5.41) is 5.62. The Labute approximate surface area is 221 Å². The average Bonchev–Trinajstić information content (AvgIpc) is 3.22. The Morgan fingerprint density at radius 3 is 2.42 bits per heavy atom. The molecule has 0 radical (unpaired) electrons. The fourth-order valence-corrected chi connectivity index (χ4v) is 5.54. The summed E-state index contributed by atoms with van der Waals surface area (Å²) in [5.74, 6) is -0.542. The van der Waals surface area contributed by atoms with Crippen LogP contribution in [0.3, 0.4) is 0 Å². The third-order valence-corrected chi connectivity index (χ3v) is 7.24. The summed E-state index contributed by atoms with van der Waals surface area (Å²) in [4.78, 5) is 27.1. The minimum atomic E-state index is -0.631. The van der Waals surface area contributed by atoms with Crippen LogP contribution >= 0.6 is 0 Å². The van der Waals surface area contributed by atoms with Gasteiger partial charge in [-0.3, -0.25) is 4.79 Å². The van der Waals surface area contributed by atoms with Crippen molar-refractivity contribution in [3.05, 3.63) is 130 Å². The molecule has 1 aliphatic heterocycles. The van der Waals surface area contributed by atoms with Gasteiger partial charge in [0.05, 0.1) is 23.8 Å². The fourth-order valence-electron chi connectivity index (χ4n) is 5.54. The van der Waals surface area contributed by atoms with Gasteiger partial charge in [-0.15, -0.1) is 0 Å². The molecule has 4 aromatic carbocycles. The molecule has 0 saturated carbocycles. The monoisotopic (exact) mass is 501 g/mol. The first-order valence-corrected chi connectivity index (χ1v) is 12.8. The zero-order valence-corrected chi connectivity index (χ0v) is 21.3. The van der Waals surface area contributed by atoms with Crippen LogP contribution in [0.1, 0.15) is 46.8 Å². The Kier molecular flexibility index (Phi) is 6.04. The molecule has 0 spiro atoms. The van der Waals surface area contributed by atoms with Gasteiger partial charge in [0.25, 0.3) is 0 Å². The molecule has 1 atom stereocenters. The molecule has 1 heterocycles. The molecule has 1 N–H and O–H groups in total. The van der Waals surface area contributed by atoms with E-state index in [9.17, 15) is 9.59 Å². The van der Waals surface area contributed by atoms with Gasteiger partial charge >= 0.3 is 5.97 Å². The normalized spacial score (nSPS) is 16.3. The molecule has 0 bridgehead atoms. The number of benzene rings is 4. The SMILES string of the molecule is CCOC(=O)C1=C(C)NC2=C(C(=O)c3ccccc32)[C@@H]1c1ccccc1OCc1cccc2ccccc12. The number of hydrogen-bond donors (Lipinski definition) is 1. The number of Topliss-reactive ketones (excluding diaryl/α,β-unsaturated/α-hetero) is 1. The number of esters is 1. The molecule has 5 nitrogen and oxygen atoms in total. The van der Waals surface area contributed by atoms with E-state index in [2.05, 4.69) is 29.6 Å². The van der Waals surface area contributed by atoms with Crippen molar-refractivity contribution < 1.29 is 19.1 Å². The van der Waals surface area contributed by atoms with Gasteiger partial charge in [-0.2, -0.15) is 0 Å². The third kappa shape index (κ3) is 3.88. The molecule has 0 fully saturated rings. The standard InChI is InChI=1S/C33H27NO4/c1-3-37-33(36)28-20(2)34-31-24-15-6-7-16-25(24)32(35)30(31)29(28)26-17-8-9-18-27(26)38-19-22-13-10-12-21-11-4-5-14-23(21)22/h4-18,29,34H,3,19H2,1-2H3/t29-/m1/s1. The molecule has 188 valence electrons. The second-order valence-corrected chi connectivity index (χ2v) is 9.45. The van der Waals surface area contributed by atoms with Gasteiger partial charge in [0.15, 0.2) is 5.78 Å². The van der Waals surface area contributed by atoms with Crippen molar-refractivity contribution >= 4 is 28.2 Å². The van der Waals surface area contributed by atoms with E-state index in [1.807, 2.05) is 73.7 Å². The number of hydrogen-bond acceptors (Lipinski definition) is 5. The van der Waals surface area contributed by atoms with Crippen molar-refractivity contribution in [1.29, 1.82) is 0 Å². The molecule has 38 heavy (non-hydrogen) atoms. The Morgan fingerprint density at radius 2 is 1.58 bits per heavy atom. The maximum absolute atomic E-state index is 13.8. The summed E-state index contributed by atoms with van der Waals surface area (Å²) < 4.78 is 11.9.